The van der Waals surface area contributed by atoms with Crippen LogP contribution in [0.4, 0.5) is 0 Å². The number of hydrogen-bond acceptors (Lipinski definition) is 5. The van der Waals surface area contributed by atoms with E-state index in [0.717, 1.165) is 19.3 Å². The van der Waals surface area contributed by atoms with E-state index in [1.807, 2.05) is 13.0 Å². The van der Waals surface area contributed by atoms with Crippen molar-refractivity contribution in [2.24, 2.45) is 5.73 Å². The van der Waals surface area contributed by atoms with Gasteiger partial charge in [-0.05, 0) is 31.9 Å². The molecule has 0 radical (unpaired) electrons. The molecular formula is C13H18N4O2S. The molecule has 0 aromatic carbocycles. The second-order valence-corrected chi connectivity index (χ2v) is 6.84. The highest BCUT2D eigenvalue weighted by Gasteiger charge is 2.37. The van der Waals surface area contributed by atoms with E-state index in [4.69, 9.17) is 11.0 Å². The number of nitriles is 1. The van der Waals surface area contributed by atoms with Gasteiger partial charge in [0.25, 0.3) is 0 Å². The lowest BCUT2D eigenvalue weighted by atomic mass is 10.00. The first-order valence-electron chi connectivity index (χ1n) is 6.60. The Hall–Kier alpha value is -1.49. The van der Waals surface area contributed by atoms with Crippen LogP contribution in [0, 0.1) is 11.3 Å². The van der Waals surface area contributed by atoms with E-state index in [0.29, 0.717) is 6.54 Å². The molecule has 1 aliphatic rings. The third kappa shape index (κ3) is 2.68. The van der Waals surface area contributed by atoms with Crippen LogP contribution in [-0.4, -0.2) is 36.3 Å². The Morgan fingerprint density at radius 2 is 2.25 bits per heavy atom. The van der Waals surface area contributed by atoms with Crippen LogP contribution in [0.2, 0.25) is 0 Å². The average molecular weight is 294 g/mol. The van der Waals surface area contributed by atoms with Crippen molar-refractivity contribution in [2.45, 2.75) is 43.2 Å². The molecule has 1 saturated heterocycles. The largest absolute Gasteiger partial charge is 0.329 e. The van der Waals surface area contributed by atoms with Crippen LogP contribution in [0.1, 0.15) is 31.9 Å². The van der Waals surface area contributed by atoms with E-state index in [9.17, 15) is 8.42 Å². The number of aromatic nitrogens is 1. The van der Waals surface area contributed by atoms with Crippen LogP contribution in [-0.2, 0) is 10.0 Å². The number of piperidine rings is 1. The summed E-state index contributed by atoms with van der Waals surface area (Å²) < 4.78 is 26.9. The minimum atomic E-state index is -3.62. The highest BCUT2D eigenvalue weighted by molar-refractivity contribution is 7.89. The molecule has 0 amide bonds. The van der Waals surface area contributed by atoms with Crippen LogP contribution in [0.25, 0.3) is 0 Å². The number of pyridine rings is 1. The molecule has 2 heterocycles. The normalized spacial score (nSPS) is 24.2. The van der Waals surface area contributed by atoms with Gasteiger partial charge < -0.3 is 5.73 Å². The molecule has 0 aliphatic carbocycles. The summed E-state index contributed by atoms with van der Waals surface area (Å²) in [4.78, 5) is 3.95. The number of nitrogens with two attached hydrogens (primary N) is 1. The van der Waals surface area contributed by atoms with Crippen molar-refractivity contribution < 1.29 is 8.42 Å². The average Bonchev–Trinajstić information content (AvgIpc) is 2.46. The summed E-state index contributed by atoms with van der Waals surface area (Å²) in [5.41, 5.74) is 5.91. The monoisotopic (exact) mass is 294 g/mol. The number of sulfonamides is 1. The molecule has 7 heteroatoms. The van der Waals surface area contributed by atoms with Crippen LogP contribution in [0.15, 0.2) is 23.2 Å². The highest BCUT2D eigenvalue weighted by atomic mass is 32.2. The van der Waals surface area contributed by atoms with Gasteiger partial charge in [0.2, 0.25) is 10.0 Å². The molecule has 0 saturated carbocycles. The predicted octanol–water partition coefficient (Wildman–Crippen LogP) is 0.844. The first kappa shape index (κ1) is 14.9. The van der Waals surface area contributed by atoms with Gasteiger partial charge in [0.05, 0.1) is 0 Å². The molecule has 20 heavy (non-hydrogen) atoms. The zero-order valence-corrected chi connectivity index (χ0v) is 12.2. The molecule has 2 rings (SSSR count). The van der Waals surface area contributed by atoms with Gasteiger partial charge >= 0.3 is 0 Å². The predicted molar refractivity (Wildman–Crippen MR) is 74.1 cm³/mol. The molecule has 2 atom stereocenters. The molecule has 1 aromatic rings. The molecule has 0 spiro atoms. The lowest BCUT2D eigenvalue weighted by Gasteiger charge is -2.38. The molecule has 2 unspecified atom stereocenters. The van der Waals surface area contributed by atoms with E-state index in [1.54, 1.807) is 0 Å². The molecule has 1 aromatic heterocycles. The number of rotatable bonds is 3. The van der Waals surface area contributed by atoms with E-state index in [2.05, 4.69) is 4.98 Å². The fraction of sp³-hybridized carbons (Fsp3) is 0.538. The molecule has 1 aliphatic heterocycles. The van der Waals surface area contributed by atoms with Crippen LogP contribution in [0.5, 0.6) is 0 Å². The van der Waals surface area contributed by atoms with E-state index in [1.165, 1.54) is 22.6 Å². The summed E-state index contributed by atoms with van der Waals surface area (Å²) >= 11 is 0. The smallest absolute Gasteiger partial charge is 0.245 e. The van der Waals surface area contributed by atoms with Crippen LogP contribution >= 0.6 is 0 Å². The third-order valence-corrected chi connectivity index (χ3v) is 5.70. The van der Waals surface area contributed by atoms with Gasteiger partial charge in [-0.1, -0.05) is 6.42 Å². The summed E-state index contributed by atoms with van der Waals surface area (Å²) in [5.74, 6) is 0. The Balaban J connectivity index is 2.38. The second-order valence-electron chi connectivity index (χ2n) is 5.00. The molecule has 1 fully saturated rings. The van der Waals surface area contributed by atoms with Crippen LogP contribution in [0.3, 0.4) is 0 Å². The zero-order chi connectivity index (χ0) is 14.8. The fourth-order valence-electron chi connectivity index (χ4n) is 2.64. The summed E-state index contributed by atoms with van der Waals surface area (Å²) in [6.45, 7) is 2.21. The first-order valence-corrected chi connectivity index (χ1v) is 8.04. The van der Waals surface area contributed by atoms with Crippen molar-refractivity contribution >= 4 is 10.0 Å². The van der Waals surface area contributed by atoms with E-state index >= 15 is 0 Å². The molecule has 6 nitrogen and oxygen atoms in total. The zero-order valence-electron chi connectivity index (χ0n) is 11.4. The maximum Gasteiger partial charge on any atom is 0.245 e. The Morgan fingerprint density at radius 3 is 2.80 bits per heavy atom. The molecular weight excluding hydrogens is 276 g/mol. The van der Waals surface area contributed by atoms with Gasteiger partial charge in [-0.2, -0.15) is 9.57 Å². The first-order chi connectivity index (χ1) is 9.50. The minimum absolute atomic E-state index is 0.0713. The summed E-state index contributed by atoms with van der Waals surface area (Å²) in [6.07, 6.45) is 3.84. The third-order valence-electron chi connectivity index (χ3n) is 3.65. The van der Waals surface area contributed by atoms with Crippen molar-refractivity contribution in [3.8, 4) is 6.07 Å². The second kappa shape index (κ2) is 5.87. The number of hydrogen-bond donors (Lipinski definition) is 1. The van der Waals surface area contributed by atoms with Crippen molar-refractivity contribution in [2.75, 3.05) is 6.54 Å². The Labute approximate surface area is 119 Å². The van der Waals surface area contributed by atoms with Crippen molar-refractivity contribution in [3.05, 3.63) is 24.0 Å². The van der Waals surface area contributed by atoms with Crippen molar-refractivity contribution in [3.63, 3.8) is 0 Å². The summed E-state index contributed by atoms with van der Waals surface area (Å²) in [5, 5.41) is 8.71. The Kier molecular flexibility index (Phi) is 4.38. The SMILES string of the molecule is CC1CCCC(CN)N1S(=O)(=O)c1ccc(C#N)nc1. The van der Waals surface area contributed by atoms with Gasteiger partial charge in [0.1, 0.15) is 16.7 Å². The summed E-state index contributed by atoms with van der Waals surface area (Å²) in [7, 11) is -3.62. The summed E-state index contributed by atoms with van der Waals surface area (Å²) in [6, 6.07) is 4.48. The lowest BCUT2D eigenvalue weighted by molar-refractivity contribution is 0.196. The maximum absolute atomic E-state index is 12.7. The fourth-order valence-corrected chi connectivity index (χ4v) is 4.47. The quantitative estimate of drug-likeness (QED) is 0.890. The maximum atomic E-state index is 12.7. The number of nitrogens with zero attached hydrogens (tertiary/aromatic N) is 3. The highest BCUT2D eigenvalue weighted by Crippen LogP contribution is 2.29. The molecule has 2 N–H and O–H groups in total. The standard InChI is InChI=1S/C13H18N4O2S/c1-10-3-2-4-12(8-15)17(10)20(18,19)13-6-5-11(7-14)16-9-13/h5-6,9-10,12H,2-4,8,15H2,1H3. The minimum Gasteiger partial charge on any atom is -0.329 e. The topological polar surface area (TPSA) is 100 Å². The van der Waals surface area contributed by atoms with E-state index in [-0.39, 0.29) is 22.7 Å². The van der Waals surface area contributed by atoms with Gasteiger partial charge in [0, 0.05) is 24.8 Å². The van der Waals surface area contributed by atoms with Gasteiger partial charge in [-0.3, -0.25) is 0 Å². The Morgan fingerprint density at radius 1 is 1.50 bits per heavy atom. The lowest BCUT2D eigenvalue weighted by Crippen LogP contribution is -2.51. The Bertz CT molecular complexity index is 606. The van der Waals surface area contributed by atoms with Gasteiger partial charge in [-0.15, -0.1) is 0 Å². The van der Waals surface area contributed by atoms with Crippen LogP contribution < -0.4 is 5.73 Å². The van der Waals surface area contributed by atoms with Gasteiger partial charge in [0.15, 0.2) is 0 Å². The van der Waals surface area contributed by atoms with Gasteiger partial charge in [-0.25, -0.2) is 13.4 Å². The molecule has 0 bridgehead atoms. The molecule has 108 valence electrons. The van der Waals surface area contributed by atoms with Crippen molar-refractivity contribution in [1.82, 2.24) is 9.29 Å². The van der Waals surface area contributed by atoms with E-state index < -0.39 is 10.0 Å². The van der Waals surface area contributed by atoms with Crippen molar-refractivity contribution in [1.29, 1.82) is 5.26 Å².